The first-order valence-electron chi connectivity index (χ1n) is 8.83. The topological polar surface area (TPSA) is 86.2 Å². The molecule has 2 N–H and O–H groups in total. The van der Waals surface area contributed by atoms with Crippen molar-refractivity contribution in [1.29, 1.82) is 5.26 Å². The molecule has 1 atom stereocenters. The SMILES string of the molecule is Cc1cc(N2CCN(C(C(N)=O)c3ccc(Cl)cc3)CC2)c(C#N)c(C)n1. The quantitative estimate of drug-likeness (QED) is 0.876. The minimum Gasteiger partial charge on any atom is -0.368 e. The third-order valence-corrected chi connectivity index (χ3v) is 5.15. The van der Waals surface area contributed by atoms with Crippen LogP contribution in [0.1, 0.15) is 28.6 Å². The lowest BCUT2D eigenvalue weighted by Gasteiger charge is -2.39. The second-order valence-corrected chi connectivity index (χ2v) is 7.17. The molecule has 1 saturated heterocycles. The van der Waals surface area contributed by atoms with E-state index in [1.165, 1.54) is 0 Å². The van der Waals surface area contributed by atoms with E-state index in [2.05, 4.69) is 20.9 Å². The van der Waals surface area contributed by atoms with Gasteiger partial charge in [0, 0.05) is 36.9 Å². The van der Waals surface area contributed by atoms with Crippen molar-refractivity contribution in [2.75, 3.05) is 31.1 Å². The van der Waals surface area contributed by atoms with E-state index in [1.54, 1.807) is 12.1 Å². The van der Waals surface area contributed by atoms with Crippen molar-refractivity contribution in [2.24, 2.45) is 5.73 Å². The largest absolute Gasteiger partial charge is 0.368 e. The van der Waals surface area contributed by atoms with Gasteiger partial charge in [-0.15, -0.1) is 0 Å². The number of pyridine rings is 1. The van der Waals surface area contributed by atoms with Gasteiger partial charge in [-0.2, -0.15) is 5.26 Å². The van der Waals surface area contributed by atoms with Crippen LogP contribution in [0, 0.1) is 25.2 Å². The number of benzene rings is 1. The van der Waals surface area contributed by atoms with E-state index < -0.39 is 6.04 Å². The van der Waals surface area contributed by atoms with Gasteiger partial charge in [-0.05, 0) is 37.6 Å². The third kappa shape index (κ3) is 4.05. The number of nitrogens with two attached hydrogens (primary N) is 1. The normalized spacial score (nSPS) is 16.0. The zero-order valence-electron chi connectivity index (χ0n) is 15.4. The number of anilines is 1. The van der Waals surface area contributed by atoms with Crippen LogP contribution in [0.25, 0.3) is 0 Å². The summed E-state index contributed by atoms with van der Waals surface area (Å²) >= 11 is 5.95. The Morgan fingerprint density at radius 1 is 1.22 bits per heavy atom. The van der Waals surface area contributed by atoms with Crippen LogP contribution in [0.5, 0.6) is 0 Å². The fourth-order valence-corrected chi connectivity index (χ4v) is 3.74. The lowest BCUT2D eigenvalue weighted by molar-refractivity contribution is -0.123. The minimum absolute atomic E-state index is 0.376. The first-order chi connectivity index (χ1) is 12.9. The van der Waals surface area contributed by atoms with Gasteiger partial charge in [0.2, 0.25) is 5.91 Å². The summed E-state index contributed by atoms with van der Waals surface area (Å²) in [4.78, 5) is 20.7. The Bertz CT molecular complexity index is 882. The smallest absolute Gasteiger partial charge is 0.239 e. The molecule has 1 aliphatic heterocycles. The van der Waals surface area contributed by atoms with E-state index in [0.717, 1.165) is 22.6 Å². The first-order valence-corrected chi connectivity index (χ1v) is 9.20. The third-order valence-electron chi connectivity index (χ3n) is 4.89. The maximum atomic E-state index is 12.1. The maximum Gasteiger partial charge on any atom is 0.239 e. The molecule has 1 unspecified atom stereocenters. The Kier molecular flexibility index (Phi) is 5.64. The number of carbonyl (C=O) groups is 1. The average molecular weight is 384 g/mol. The van der Waals surface area contributed by atoms with E-state index in [9.17, 15) is 10.1 Å². The highest BCUT2D eigenvalue weighted by Crippen LogP contribution is 2.28. The highest BCUT2D eigenvalue weighted by Gasteiger charge is 2.30. The van der Waals surface area contributed by atoms with Crippen LogP contribution in [-0.2, 0) is 4.79 Å². The molecule has 1 aromatic carbocycles. The van der Waals surface area contributed by atoms with Crippen LogP contribution < -0.4 is 10.6 Å². The predicted octanol–water partition coefficient (Wildman–Crippen LogP) is 2.57. The molecule has 140 valence electrons. The zero-order valence-corrected chi connectivity index (χ0v) is 16.2. The number of piperazine rings is 1. The van der Waals surface area contributed by atoms with Crippen molar-refractivity contribution in [3.05, 3.63) is 57.9 Å². The van der Waals surface area contributed by atoms with E-state index in [0.29, 0.717) is 36.8 Å². The van der Waals surface area contributed by atoms with E-state index >= 15 is 0 Å². The number of primary amides is 1. The summed E-state index contributed by atoms with van der Waals surface area (Å²) in [7, 11) is 0. The van der Waals surface area contributed by atoms with Gasteiger partial charge in [0.25, 0.3) is 0 Å². The van der Waals surface area contributed by atoms with Crippen molar-refractivity contribution in [1.82, 2.24) is 9.88 Å². The van der Waals surface area contributed by atoms with Crippen molar-refractivity contribution in [3.8, 4) is 6.07 Å². The van der Waals surface area contributed by atoms with Crippen LogP contribution >= 0.6 is 11.6 Å². The van der Waals surface area contributed by atoms with Gasteiger partial charge in [-0.1, -0.05) is 23.7 Å². The van der Waals surface area contributed by atoms with Crippen molar-refractivity contribution >= 4 is 23.2 Å². The number of hydrogen-bond donors (Lipinski definition) is 1. The fraction of sp³-hybridized carbons (Fsp3) is 0.350. The molecule has 7 heteroatoms. The van der Waals surface area contributed by atoms with Crippen LogP contribution in [0.15, 0.2) is 30.3 Å². The van der Waals surface area contributed by atoms with Crippen LogP contribution in [-0.4, -0.2) is 42.0 Å². The molecule has 27 heavy (non-hydrogen) atoms. The summed E-state index contributed by atoms with van der Waals surface area (Å²) in [6, 6.07) is 11.0. The van der Waals surface area contributed by atoms with Crippen molar-refractivity contribution in [2.45, 2.75) is 19.9 Å². The highest BCUT2D eigenvalue weighted by atomic mass is 35.5. The van der Waals surface area contributed by atoms with Gasteiger partial charge >= 0.3 is 0 Å². The number of nitriles is 1. The number of amides is 1. The molecule has 0 saturated carbocycles. The fourth-order valence-electron chi connectivity index (χ4n) is 3.62. The molecule has 0 radical (unpaired) electrons. The molecular weight excluding hydrogens is 362 g/mol. The summed E-state index contributed by atoms with van der Waals surface area (Å²) in [6.07, 6.45) is 0. The maximum absolute atomic E-state index is 12.1. The van der Waals surface area contributed by atoms with Gasteiger partial charge in [0.1, 0.15) is 12.1 Å². The molecule has 1 amide bonds. The summed E-state index contributed by atoms with van der Waals surface area (Å²) in [5.41, 5.74) is 9.68. The van der Waals surface area contributed by atoms with Crippen LogP contribution in [0.2, 0.25) is 5.02 Å². The highest BCUT2D eigenvalue weighted by molar-refractivity contribution is 6.30. The van der Waals surface area contributed by atoms with E-state index in [-0.39, 0.29) is 5.91 Å². The lowest BCUT2D eigenvalue weighted by atomic mass is 10.0. The van der Waals surface area contributed by atoms with E-state index in [4.69, 9.17) is 17.3 Å². The van der Waals surface area contributed by atoms with Crippen LogP contribution in [0.4, 0.5) is 5.69 Å². The molecule has 0 aliphatic carbocycles. The number of rotatable bonds is 4. The molecule has 1 aromatic heterocycles. The lowest BCUT2D eigenvalue weighted by Crippen LogP contribution is -2.50. The Morgan fingerprint density at radius 2 is 1.85 bits per heavy atom. The first kappa shape index (κ1) is 19.2. The number of carbonyl (C=O) groups excluding carboxylic acids is 1. The zero-order chi connectivity index (χ0) is 19.6. The Balaban J connectivity index is 1.79. The summed E-state index contributed by atoms with van der Waals surface area (Å²) in [6.45, 7) is 6.53. The Hall–Kier alpha value is -2.62. The number of aromatic nitrogens is 1. The minimum atomic E-state index is -0.485. The second kappa shape index (κ2) is 7.95. The molecule has 0 spiro atoms. The van der Waals surface area contributed by atoms with Gasteiger partial charge in [-0.25, -0.2) is 0 Å². The van der Waals surface area contributed by atoms with Crippen molar-refractivity contribution in [3.63, 3.8) is 0 Å². The number of aryl methyl sites for hydroxylation is 2. The molecule has 1 aliphatic rings. The molecule has 6 nitrogen and oxygen atoms in total. The predicted molar refractivity (Wildman–Crippen MR) is 106 cm³/mol. The molecule has 0 bridgehead atoms. The molecule has 2 aromatic rings. The summed E-state index contributed by atoms with van der Waals surface area (Å²) in [5, 5.41) is 10.1. The standard InChI is InChI=1S/C20H22ClN5O/c1-13-11-18(17(12-22)14(2)24-13)25-7-9-26(10-8-25)19(20(23)27)15-3-5-16(21)6-4-15/h3-6,11,19H,7-10H2,1-2H3,(H2,23,27). The summed E-state index contributed by atoms with van der Waals surface area (Å²) in [5.74, 6) is -0.376. The molecule has 2 heterocycles. The number of nitrogens with zero attached hydrogens (tertiary/aromatic N) is 4. The van der Waals surface area contributed by atoms with Crippen molar-refractivity contribution < 1.29 is 4.79 Å². The number of halogens is 1. The molecule has 3 rings (SSSR count). The van der Waals surface area contributed by atoms with Gasteiger partial charge in [0.05, 0.1) is 16.9 Å². The monoisotopic (exact) mass is 383 g/mol. The number of hydrogen-bond acceptors (Lipinski definition) is 5. The average Bonchev–Trinajstić information content (AvgIpc) is 2.63. The molecule has 1 fully saturated rings. The Labute approximate surface area is 164 Å². The van der Waals surface area contributed by atoms with Gasteiger partial charge in [-0.3, -0.25) is 14.7 Å². The van der Waals surface area contributed by atoms with Crippen LogP contribution in [0.3, 0.4) is 0 Å². The molecular formula is C20H22ClN5O. The summed E-state index contributed by atoms with van der Waals surface area (Å²) < 4.78 is 0. The Morgan fingerprint density at radius 3 is 2.41 bits per heavy atom. The van der Waals surface area contributed by atoms with E-state index in [1.807, 2.05) is 32.0 Å². The second-order valence-electron chi connectivity index (χ2n) is 6.73. The van der Waals surface area contributed by atoms with Gasteiger partial charge < -0.3 is 10.6 Å². The van der Waals surface area contributed by atoms with Gasteiger partial charge in [0.15, 0.2) is 0 Å².